The van der Waals surface area contributed by atoms with Crippen LogP contribution in [-0.4, -0.2) is 22.6 Å². The van der Waals surface area contributed by atoms with E-state index in [4.69, 9.17) is 4.98 Å². The molecule has 1 atom stereocenters. The fraction of sp³-hybridized carbons (Fsp3) is 0.231. The number of hydrogen-bond acceptors (Lipinski definition) is 3. The van der Waals surface area contributed by atoms with E-state index in [9.17, 15) is 5.26 Å². The molecule has 4 heteroatoms. The maximum Gasteiger partial charge on any atom is 0.0991 e. The second kappa shape index (κ2) is 7.78. The van der Waals surface area contributed by atoms with E-state index in [1.54, 1.807) is 0 Å². The molecule has 1 saturated heterocycles. The van der Waals surface area contributed by atoms with Crippen LogP contribution in [-0.2, 0) is 6.54 Å². The van der Waals surface area contributed by atoms with Gasteiger partial charge in [0.05, 0.1) is 28.4 Å². The first kappa shape index (κ1) is 18.6. The Hall–Kier alpha value is -3.42. The predicted molar refractivity (Wildman–Crippen MR) is 121 cm³/mol. The first-order valence-electron chi connectivity index (χ1n) is 10.5. The number of pyridine rings is 1. The number of aromatic nitrogens is 2. The highest BCUT2D eigenvalue weighted by molar-refractivity contribution is 5.90. The van der Waals surface area contributed by atoms with Crippen LogP contribution in [0, 0.1) is 24.2 Å². The van der Waals surface area contributed by atoms with Gasteiger partial charge in [-0.3, -0.25) is 0 Å². The van der Waals surface area contributed by atoms with Crippen molar-refractivity contribution in [1.82, 2.24) is 14.9 Å². The average Bonchev–Trinajstić information content (AvgIpc) is 3.44. The largest absolute Gasteiger partial charge is 0.346 e. The highest BCUT2D eigenvalue weighted by atomic mass is 15.0. The van der Waals surface area contributed by atoms with Gasteiger partial charge >= 0.3 is 0 Å². The minimum atomic E-state index is 0.663. The van der Waals surface area contributed by atoms with E-state index in [0.717, 1.165) is 53.1 Å². The number of rotatable bonds is 4. The Bertz CT molecular complexity index is 1220. The van der Waals surface area contributed by atoms with Gasteiger partial charge in [0, 0.05) is 23.9 Å². The van der Waals surface area contributed by atoms with Gasteiger partial charge in [-0.1, -0.05) is 42.0 Å². The number of hydrogen-bond donors (Lipinski definition) is 1. The van der Waals surface area contributed by atoms with E-state index >= 15 is 0 Å². The summed E-state index contributed by atoms with van der Waals surface area (Å²) in [5.74, 6) is 0.663. The van der Waals surface area contributed by atoms with Crippen LogP contribution in [0.4, 0.5) is 0 Å². The van der Waals surface area contributed by atoms with Gasteiger partial charge in [0.2, 0.25) is 0 Å². The second-order valence-electron chi connectivity index (χ2n) is 8.17. The summed E-state index contributed by atoms with van der Waals surface area (Å²) in [7, 11) is 0. The van der Waals surface area contributed by atoms with Crippen molar-refractivity contribution in [3.8, 4) is 28.5 Å². The SMILES string of the molecule is Cc1ccc(-c2nc3ccn(CC4CCNC4)c3cc2-c2ccc(C#N)cc2)cc1. The van der Waals surface area contributed by atoms with Crippen LogP contribution in [0.15, 0.2) is 66.9 Å². The van der Waals surface area contributed by atoms with Crippen molar-refractivity contribution < 1.29 is 0 Å². The first-order valence-corrected chi connectivity index (χ1v) is 10.5. The van der Waals surface area contributed by atoms with Gasteiger partial charge in [0.1, 0.15) is 0 Å². The molecule has 0 radical (unpaired) electrons. The van der Waals surface area contributed by atoms with Crippen LogP contribution < -0.4 is 5.32 Å². The molecule has 1 unspecified atom stereocenters. The zero-order valence-corrected chi connectivity index (χ0v) is 17.1. The van der Waals surface area contributed by atoms with Crippen molar-refractivity contribution in [2.45, 2.75) is 19.9 Å². The molecule has 1 aliphatic rings. The molecule has 1 N–H and O–H groups in total. The zero-order valence-electron chi connectivity index (χ0n) is 17.1. The molecule has 148 valence electrons. The molecule has 3 heterocycles. The Morgan fingerprint density at radius 1 is 1.07 bits per heavy atom. The number of fused-ring (bicyclic) bond motifs is 1. The number of benzene rings is 2. The van der Waals surface area contributed by atoms with Crippen molar-refractivity contribution >= 4 is 11.0 Å². The van der Waals surface area contributed by atoms with Crippen LogP contribution in [0.5, 0.6) is 0 Å². The second-order valence-corrected chi connectivity index (χ2v) is 8.17. The van der Waals surface area contributed by atoms with E-state index in [1.165, 1.54) is 12.0 Å². The van der Waals surface area contributed by atoms with E-state index in [1.807, 2.05) is 24.3 Å². The minimum absolute atomic E-state index is 0.663. The number of aryl methyl sites for hydroxylation is 1. The highest BCUT2D eigenvalue weighted by Crippen LogP contribution is 2.34. The van der Waals surface area contributed by atoms with Crippen molar-refractivity contribution in [3.63, 3.8) is 0 Å². The first-order chi connectivity index (χ1) is 14.7. The topological polar surface area (TPSA) is 53.6 Å². The summed E-state index contributed by atoms with van der Waals surface area (Å²) < 4.78 is 2.34. The molecular formula is C26H24N4. The molecule has 4 nitrogen and oxygen atoms in total. The molecule has 1 aliphatic heterocycles. The number of nitrogens with zero attached hydrogens (tertiary/aromatic N) is 3. The molecule has 30 heavy (non-hydrogen) atoms. The van der Waals surface area contributed by atoms with Gasteiger partial charge in [-0.15, -0.1) is 0 Å². The normalized spacial score (nSPS) is 16.1. The summed E-state index contributed by atoms with van der Waals surface area (Å²) in [6, 6.07) is 22.9. The molecule has 1 fully saturated rings. The molecule has 2 aromatic heterocycles. The van der Waals surface area contributed by atoms with Crippen molar-refractivity contribution in [1.29, 1.82) is 5.26 Å². The summed E-state index contributed by atoms with van der Waals surface area (Å²) in [6.45, 7) is 5.29. The van der Waals surface area contributed by atoms with Crippen LogP contribution in [0.3, 0.4) is 0 Å². The lowest BCUT2D eigenvalue weighted by atomic mass is 9.97. The lowest BCUT2D eigenvalue weighted by Crippen LogP contribution is -2.14. The summed E-state index contributed by atoms with van der Waals surface area (Å²) in [5.41, 5.74) is 8.35. The van der Waals surface area contributed by atoms with Gasteiger partial charge in [-0.25, -0.2) is 4.98 Å². The third-order valence-electron chi connectivity index (χ3n) is 6.02. The summed E-state index contributed by atoms with van der Waals surface area (Å²) in [4.78, 5) is 5.09. The fourth-order valence-corrected chi connectivity index (χ4v) is 4.29. The van der Waals surface area contributed by atoms with Gasteiger partial charge in [0.15, 0.2) is 0 Å². The average molecular weight is 393 g/mol. The van der Waals surface area contributed by atoms with Gasteiger partial charge < -0.3 is 9.88 Å². The van der Waals surface area contributed by atoms with Gasteiger partial charge in [-0.2, -0.15) is 5.26 Å². The van der Waals surface area contributed by atoms with E-state index in [2.05, 4.69) is 65.5 Å². The summed E-state index contributed by atoms with van der Waals surface area (Å²) in [6.07, 6.45) is 3.38. The fourth-order valence-electron chi connectivity index (χ4n) is 4.29. The molecule has 0 aliphatic carbocycles. The smallest absolute Gasteiger partial charge is 0.0991 e. The molecular weight excluding hydrogens is 368 g/mol. The maximum absolute atomic E-state index is 9.17. The lowest BCUT2D eigenvalue weighted by molar-refractivity contribution is 0.491. The Kier molecular flexibility index (Phi) is 4.82. The van der Waals surface area contributed by atoms with E-state index in [-0.39, 0.29) is 0 Å². The Balaban J connectivity index is 1.66. The molecule has 0 amide bonds. The van der Waals surface area contributed by atoms with Crippen molar-refractivity contribution in [3.05, 3.63) is 78.0 Å². The Morgan fingerprint density at radius 3 is 2.53 bits per heavy atom. The van der Waals surface area contributed by atoms with Crippen LogP contribution in [0.1, 0.15) is 17.5 Å². The van der Waals surface area contributed by atoms with Crippen molar-refractivity contribution in [2.75, 3.05) is 13.1 Å². The summed E-state index contributed by atoms with van der Waals surface area (Å²) >= 11 is 0. The molecule has 4 aromatic rings. The lowest BCUT2D eigenvalue weighted by Gasteiger charge is -2.14. The molecule has 0 spiro atoms. The number of nitrogens with one attached hydrogen (secondary N) is 1. The predicted octanol–water partition coefficient (Wildman–Crippen LogP) is 5.16. The van der Waals surface area contributed by atoms with Crippen LogP contribution >= 0.6 is 0 Å². The minimum Gasteiger partial charge on any atom is -0.346 e. The molecule has 2 aromatic carbocycles. The third-order valence-corrected chi connectivity index (χ3v) is 6.02. The van der Waals surface area contributed by atoms with Gasteiger partial charge in [0.25, 0.3) is 0 Å². The third kappa shape index (κ3) is 3.49. The Labute approximate surface area is 176 Å². The monoisotopic (exact) mass is 392 g/mol. The molecule has 5 rings (SSSR count). The molecule has 0 saturated carbocycles. The standard InChI is InChI=1S/C26H24N4/c1-18-2-6-22(7-3-18)26-23(21-8-4-19(15-27)5-9-21)14-25-24(29-26)11-13-30(25)17-20-10-12-28-16-20/h2-9,11,13-14,20,28H,10,12,16-17H2,1H3. The zero-order chi connectivity index (χ0) is 20.5. The highest BCUT2D eigenvalue weighted by Gasteiger charge is 2.18. The van der Waals surface area contributed by atoms with Crippen LogP contribution in [0.25, 0.3) is 33.4 Å². The van der Waals surface area contributed by atoms with E-state index < -0.39 is 0 Å². The van der Waals surface area contributed by atoms with Crippen LogP contribution in [0.2, 0.25) is 0 Å². The Morgan fingerprint density at radius 2 is 1.83 bits per heavy atom. The van der Waals surface area contributed by atoms with E-state index in [0.29, 0.717) is 11.5 Å². The summed E-state index contributed by atoms with van der Waals surface area (Å²) in [5, 5.41) is 12.6. The molecule has 0 bridgehead atoms. The van der Waals surface area contributed by atoms with Gasteiger partial charge in [-0.05, 0) is 62.2 Å². The van der Waals surface area contributed by atoms with Crippen molar-refractivity contribution in [2.24, 2.45) is 5.92 Å². The maximum atomic E-state index is 9.17. The quantitative estimate of drug-likeness (QED) is 0.522. The number of nitriles is 1.